The predicted octanol–water partition coefficient (Wildman–Crippen LogP) is 2.40. The highest BCUT2D eigenvalue weighted by Crippen LogP contribution is 2.21. The highest BCUT2D eigenvalue weighted by Gasteiger charge is 2.38. The molecule has 0 unspecified atom stereocenters. The highest BCUT2D eigenvalue weighted by molar-refractivity contribution is 5.97. The lowest BCUT2D eigenvalue weighted by molar-refractivity contribution is -0.167. The molecular weight excluding hydrogens is 235 g/mol. The summed E-state index contributed by atoms with van der Waals surface area (Å²) in [5, 5.41) is 1.73. The minimum Gasteiger partial charge on any atom is -0.318 e. The topological polar surface area (TPSA) is 46.2 Å². The van der Waals surface area contributed by atoms with E-state index in [9.17, 15) is 22.8 Å². The van der Waals surface area contributed by atoms with Gasteiger partial charge in [-0.15, -0.1) is 0 Å². The second-order valence-electron chi connectivity index (χ2n) is 3.03. The van der Waals surface area contributed by atoms with Gasteiger partial charge in [-0.05, 0) is 23.8 Å². The molecule has 0 radical (unpaired) electrons. The van der Waals surface area contributed by atoms with E-state index in [0.717, 1.165) is 6.08 Å². The standard InChI is InChI=1S/C11H8F3NO2/c12-11(13,14)10(17)15-9-6-2-1-4-8(9)5-3-7-16/h1-7H,(H,15,17)/b5-3+. The summed E-state index contributed by atoms with van der Waals surface area (Å²) in [7, 11) is 0. The molecule has 0 aliphatic rings. The lowest BCUT2D eigenvalue weighted by atomic mass is 10.1. The second kappa shape index (κ2) is 5.29. The second-order valence-corrected chi connectivity index (χ2v) is 3.03. The van der Waals surface area contributed by atoms with Gasteiger partial charge in [0.2, 0.25) is 0 Å². The van der Waals surface area contributed by atoms with Gasteiger partial charge in [-0.2, -0.15) is 13.2 Å². The van der Waals surface area contributed by atoms with Crippen LogP contribution in [0.2, 0.25) is 0 Å². The first kappa shape index (κ1) is 13.0. The molecule has 0 atom stereocenters. The number of hydrogen-bond acceptors (Lipinski definition) is 2. The van der Waals surface area contributed by atoms with Crippen molar-refractivity contribution in [1.82, 2.24) is 0 Å². The normalized spacial score (nSPS) is 11.5. The monoisotopic (exact) mass is 243 g/mol. The van der Waals surface area contributed by atoms with Gasteiger partial charge in [-0.3, -0.25) is 9.59 Å². The number of alkyl halides is 3. The molecule has 1 N–H and O–H groups in total. The van der Waals surface area contributed by atoms with Crippen molar-refractivity contribution in [1.29, 1.82) is 0 Å². The maximum Gasteiger partial charge on any atom is 0.471 e. The molecule has 0 spiro atoms. The van der Waals surface area contributed by atoms with Crippen LogP contribution in [-0.4, -0.2) is 18.4 Å². The molecule has 3 nitrogen and oxygen atoms in total. The Labute approximate surface area is 94.9 Å². The van der Waals surface area contributed by atoms with E-state index in [4.69, 9.17) is 0 Å². The number of para-hydroxylation sites is 1. The summed E-state index contributed by atoms with van der Waals surface area (Å²) in [6.07, 6.45) is -2.03. The van der Waals surface area contributed by atoms with Crippen LogP contribution in [0, 0.1) is 0 Å². The summed E-state index contributed by atoms with van der Waals surface area (Å²) in [6.45, 7) is 0. The van der Waals surface area contributed by atoms with E-state index in [1.165, 1.54) is 24.3 Å². The van der Waals surface area contributed by atoms with Gasteiger partial charge in [0.1, 0.15) is 6.29 Å². The number of rotatable bonds is 3. The molecule has 0 saturated heterocycles. The molecule has 6 heteroatoms. The Hall–Kier alpha value is -2.11. The zero-order valence-electron chi connectivity index (χ0n) is 8.49. The summed E-state index contributed by atoms with van der Waals surface area (Å²) in [5.74, 6) is -2.05. The van der Waals surface area contributed by atoms with Crippen LogP contribution in [0.4, 0.5) is 18.9 Å². The molecule has 0 saturated carbocycles. The van der Waals surface area contributed by atoms with E-state index in [1.54, 1.807) is 11.4 Å². The Morgan fingerprint density at radius 3 is 2.47 bits per heavy atom. The van der Waals surface area contributed by atoms with Crippen LogP contribution in [0.3, 0.4) is 0 Å². The smallest absolute Gasteiger partial charge is 0.318 e. The van der Waals surface area contributed by atoms with Crippen LogP contribution in [0.1, 0.15) is 5.56 Å². The van der Waals surface area contributed by atoms with Crippen LogP contribution in [0.25, 0.3) is 6.08 Å². The fourth-order valence-electron chi connectivity index (χ4n) is 1.09. The Bertz CT molecular complexity index is 452. The van der Waals surface area contributed by atoms with Crippen molar-refractivity contribution >= 4 is 24.0 Å². The number of halogens is 3. The number of amides is 1. The number of aldehydes is 1. The molecule has 0 bridgehead atoms. The third-order valence-corrected chi connectivity index (χ3v) is 1.82. The summed E-state index contributed by atoms with van der Waals surface area (Å²) in [6, 6.07) is 5.85. The molecule has 0 aromatic heterocycles. The van der Waals surface area contributed by atoms with Crippen molar-refractivity contribution in [2.45, 2.75) is 6.18 Å². The number of allylic oxidation sites excluding steroid dienone is 1. The third kappa shape index (κ3) is 3.75. The SMILES string of the molecule is O=C/C=C/c1ccccc1NC(=O)C(F)(F)F. The maximum atomic E-state index is 12.0. The maximum absolute atomic E-state index is 12.0. The Kier molecular flexibility index (Phi) is 4.03. The van der Waals surface area contributed by atoms with E-state index in [0.29, 0.717) is 11.8 Å². The Balaban J connectivity index is 2.95. The average molecular weight is 243 g/mol. The van der Waals surface area contributed by atoms with Crippen molar-refractivity contribution in [3.8, 4) is 0 Å². The van der Waals surface area contributed by atoms with Gasteiger partial charge in [0.25, 0.3) is 0 Å². The first-order valence-electron chi connectivity index (χ1n) is 4.54. The minimum absolute atomic E-state index is 0.00655. The van der Waals surface area contributed by atoms with E-state index in [2.05, 4.69) is 0 Å². The molecule has 1 amide bonds. The average Bonchev–Trinajstić information content (AvgIpc) is 2.26. The van der Waals surface area contributed by atoms with E-state index in [1.807, 2.05) is 0 Å². The number of carbonyl (C=O) groups excluding carboxylic acids is 2. The number of nitrogens with one attached hydrogen (secondary N) is 1. The van der Waals surface area contributed by atoms with E-state index < -0.39 is 12.1 Å². The first-order chi connectivity index (χ1) is 7.95. The summed E-state index contributed by atoms with van der Waals surface area (Å²) in [4.78, 5) is 20.8. The number of anilines is 1. The first-order valence-corrected chi connectivity index (χ1v) is 4.54. The molecule has 1 aromatic rings. The lowest BCUT2D eigenvalue weighted by Gasteiger charge is -2.10. The van der Waals surface area contributed by atoms with Gasteiger partial charge in [-0.25, -0.2) is 0 Å². The van der Waals surface area contributed by atoms with Crippen LogP contribution in [0.5, 0.6) is 0 Å². The van der Waals surface area contributed by atoms with Gasteiger partial charge in [-0.1, -0.05) is 18.2 Å². The van der Waals surface area contributed by atoms with Crippen molar-refractivity contribution in [2.24, 2.45) is 0 Å². The molecule has 0 aliphatic heterocycles. The third-order valence-electron chi connectivity index (χ3n) is 1.82. The molecule has 0 aliphatic carbocycles. The zero-order chi connectivity index (χ0) is 12.9. The Morgan fingerprint density at radius 1 is 1.24 bits per heavy atom. The minimum atomic E-state index is -4.94. The van der Waals surface area contributed by atoms with Crippen molar-refractivity contribution in [2.75, 3.05) is 5.32 Å². The van der Waals surface area contributed by atoms with Gasteiger partial charge >= 0.3 is 12.1 Å². The molecule has 1 rings (SSSR count). The number of hydrogen-bond donors (Lipinski definition) is 1. The van der Waals surface area contributed by atoms with E-state index >= 15 is 0 Å². The van der Waals surface area contributed by atoms with Gasteiger partial charge in [0, 0.05) is 5.69 Å². The quantitative estimate of drug-likeness (QED) is 0.654. The van der Waals surface area contributed by atoms with Crippen molar-refractivity contribution in [3.63, 3.8) is 0 Å². The molecule has 0 heterocycles. The summed E-state index contributed by atoms with van der Waals surface area (Å²) in [5.41, 5.74) is 0.310. The highest BCUT2D eigenvalue weighted by atomic mass is 19.4. The predicted molar refractivity (Wildman–Crippen MR) is 56.2 cm³/mol. The fourth-order valence-corrected chi connectivity index (χ4v) is 1.09. The van der Waals surface area contributed by atoms with Gasteiger partial charge in [0.15, 0.2) is 0 Å². The van der Waals surface area contributed by atoms with Crippen LogP contribution >= 0.6 is 0 Å². The lowest BCUT2D eigenvalue weighted by Crippen LogP contribution is -2.30. The van der Waals surface area contributed by atoms with Crippen LogP contribution in [-0.2, 0) is 9.59 Å². The van der Waals surface area contributed by atoms with Crippen molar-refractivity contribution < 1.29 is 22.8 Å². The van der Waals surface area contributed by atoms with Gasteiger partial charge in [0.05, 0.1) is 0 Å². The summed E-state index contributed by atoms with van der Waals surface area (Å²) >= 11 is 0. The van der Waals surface area contributed by atoms with Crippen LogP contribution in [0.15, 0.2) is 30.3 Å². The molecule has 0 fully saturated rings. The zero-order valence-corrected chi connectivity index (χ0v) is 8.49. The van der Waals surface area contributed by atoms with Crippen LogP contribution < -0.4 is 5.32 Å². The molecule has 17 heavy (non-hydrogen) atoms. The summed E-state index contributed by atoms with van der Waals surface area (Å²) < 4.78 is 36.1. The molecule has 1 aromatic carbocycles. The number of benzene rings is 1. The fraction of sp³-hybridized carbons (Fsp3) is 0.0909. The Morgan fingerprint density at radius 2 is 1.88 bits per heavy atom. The van der Waals surface area contributed by atoms with E-state index in [-0.39, 0.29) is 5.69 Å². The number of carbonyl (C=O) groups is 2. The molecule has 90 valence electrons. The van der Waals surface area contributed by atoms with Crippen molar-refractivity contribution in [3.05, 3.63) is 35.9 Å². The molecular formula is C11H8F3NO2. The van der Waals surface area contributed by atoms with Gasteiger partial charge < -0.3 is 5.32 Å². The largest absolute Gasteiger partial charge is 0.471 e.